The van der Waals surface area contributed by atoms with Crippen LogP contribution in [0.4, 0.5) is 0 Å². The average molecular weight is 496 g/mol. The summed E-state index contributed by atoms with van der Waals surface area (Å²) in [5, 5.41) is 11.6. The van der Waals surface area contributed by atoms with Crippen LogP contribution in [-0.4, -0.2) is 56.7 Å². The predicted octanol–water partition coefficient (Wildman–Crippen LogP) is 2.44. The third-order valence-corrected chi connectivity index (χ3v) is 9.73. The zero-order valence-electron chi connectivity index (χ0n) is 19.9. The number of ketones is 2. The Morgan fingerprint density at radius 3 is 2.65 bits per heavy atom. The lowest BCUT2D eigenvalue weighted by Gasteiger charge is -2.59. The van der Waals surface area contributed by atoms with Gasteiger partial charge >= 0.3 is 7.82 Å². The minimum absolute atomic E-state index is 0.0228. The summed E-state index contributed by atoms with van der Waals surface area (Å²) >= 11 is 0. The van der Waals surface area contributed by atoms with E-state index in [0.717, 1.165) is 18.4 Å². The maximum Gasteiger partial charge on any atom is 0.470 e. The first-order chi connectivity index (χ1) is 15.6. The standard InChI is InChI=1S/C24H33O9P/c1-21(2)32-19-10-16-15-6-5-13-9-14(25)7-8-22(13,3)20(15)17(26)11-23(16,4)24(19,33-21)18(27)12-31-34(28,29)30/h7-9,15-17,19-20,26H,5-6,10-12H2,1-4H3,(H2,28,29,30)/t15?,16?,17?,19-,20?,22+,23+,24-/m1/s1. The zero-order chi connectivity index (χ0) is 24.9. The largest absolute Gasteiger partial charge is 0.470 e. The van der Waals surface area contributed by atoms with Crippen molar-refractivity contribution >= 4 is 19.4 Å². The lowest BCUT2D eigenvalue weighted by atomic mass is 9.46. The van der Waals surface area contributed by atoms with Gasteiger partial charge in [-0.05, 0) is 63.5 Å². The molecule has 0 aromatic rings. The lowest BCUT2D eigenvalue weighted by molar-refractivity contribution is -0.225. The van der Waals surface area contributed by atoms with Crippen LogP contribution in [0.3, 0.4) is 0 Å². The first-order valence-electron chi connectivity index (χ1n) is 11.9. The summed E-state index contributed by atoms with van der Waals surface area (Å²) in [6, 6.07) is 0. The van der Waals surface area contributed by atoms with Crippen LogP contribution in [0.2, 0.25) is 0 Å². The Hall–Kier alpha value is -1.19. The van der Waals surface area contributed by atoms with Crippen molar-refractivity contribution < 1.29 is 43.0 Å². The summed E-state index contributed by atoms with van der Waals surface area (Å²) in [5.41, 5.74) is -1.72. The van der Waals surface area contributed by atoms with Crippen molar-refractivity contribution in [2.24, 2.45) is 28.6 Å². The van der Waals surface area contributed by atoms with Crippen molar-refractivity contribution in [1.29, 1.82) is 0 Å². The van der Waals surface area contributed by atoms with E-state index in [2.05, 4.69) is 11.4 Å². The van der Waals surface area contributed by atoms with Gasteiger partial charge in [0.25, 0.3) is 0 Å². The molecule has 4 unspecified atom stereocenters. The number of hydrogen-bond donors (Lipinski definition) is 3. The van der Waals surface area contributed by atoms with Crippen molar-refractivity contribution in [2.75, 3.05) is 6.61 Å². The van der Waals surface area contributed by atoms with Gasteiger partial charge in [-0.15, -0.1) is 0 Å². The molecule has 0 spiro atoms. The van der Waals surface area contributed by atoms with Gasteiger partial charge in [0.05, 0.1) is 12.2 Å². The number of ether oxygens (including phenoxy) is 2. The maximum atomic E-state index is 13.6. The van der Waals surface area contributed by atoms with E-state index in [-0.39, 0.29) is 30.0 Å². The van der Waals surface area contributed by atoms with Gasteiger partial charge in [-0.25, -0.2) is 4.57 Å². The fraction of sp³-hybridized carbons (Fsp3) is 0.750. The van der Waals surface area contributed by atoms with Crippen molar-refractivity contribution in [2.45, 2.75) is 77.0 Å². The van der Waals surface area contributed by atoms with Gasteiger partial charge in [0.15, 0.2) is 23.0 Å². The second kappa shape index (κ2) is 7.42. The molecule has 4 fully saturated rings. The molecule has 0 amide bonds. The monoisotopic (exact) mass is 496 g/mol. The molecular weight excluding hydrogens is 463 g/mol. The Kier molecular flexibility index (Phi) is 5.34. The molecule has 5 rings (SSSR count). The van der Waals surface area contributed by atoms with Crippen LogP contribution in [0.15, 0.2) is 23.8 Å². The smallest absolute Gasteiger partial charge is 0.393 e. The zero-order valence-corrected chi connectivity index (χ0v) is 20.8. The lowest BCUT2D eigenvalue weighted by Crippen LogP contribution is -2.64. The van der Waals surface area contributed by atoms with Gasteiger partial charge in [0, 0.05) is 16.7 Å². The van der Waals surface area contributed by atoms with Gasteiger partial charge < -0.3 is 24.4 Å². The van der Waals surface area contributed by atoms with E-state index in [1.165, 1.54) is 0 Å². The van der Waals surface area contributed by atoms with Crippen LogP contribution in [0.1, 0.15) is 53.4 Å². The summed E-state index contributed by atoms with van der Waals surface area (Å²) in [6.45, 7) is 6.64. The van der Waals surface area contributed by atoms with E-state index in [1.807, 2.05) is 13.0 Å². The molecule has 34 heavy (non-hydrogen) atoms. The molecule has 0 aromatic heterocycles. The van der Waals surface area contributed by atoms with E-state index >= 15 is 0 Å². The van der Waals surface area contributed by atoms with E-state index in [4.69, 9.17) is 9.47 Å². The second-order valence-corrected chi connectivity index (χ2v) is 12.7. The first-order valence-corrected chi connectivity index (χ1v) is 13.4. The molecule has 10 heteroatoms. The molecule has 1 aliphatic heterocycles. The molecule has 9 nitrogen and oxygen atoms in total. The molecule has 1 saturated heterocycles. The quantitative estimate of drug-likeness (QED) is 0.501. The third kappa shape index (κ3) is 3.32. The van der Waals surface area contributed by atoms with Gasteiger partial charge in [-0.3, -0.25) is 14.1 Å². The van der Waals surface area contributed by atoms with Crippen LogP contribution in [-0.2, 0) is 28.2 Å². The number of carbonyl (C=O) groups excluding carboxylic acids is 2. The maximum absolute atomic E-state index is 13.6. The highest BCUT2D eigenvalue weighted by Gasteiger charge is 2.76. The SMILES string of the molecule is CC1(C)O[C@@H]2CC3C4CCC5=CC(=O)C=C[C@]5(C)C4C(O)C[C@]3(C)[C@]2(C(=O)COP(=O)(O)O)O1. The Balaban J connectivity index is 1.55. The normalized spacial score (nSPS) is 46.9. The fourth-order valence-electron chi connectivity index (χ4n) is 8.17. The molecule has 1 heterocycles. The molecule has 8 atom stereocenters. The topological polar surface area (TPSA) is 140 Å². The Labute approximate surface area is 198 Å². The molecule has 3 saturated carbocycles. The number of aliphatic hydroxyl groups is 1. The summed E-state index contributed by atoms with van der Waals surface area (Å²) in [5.74, 6) is -1.77. The molecule has 188 valence electrons. The summed E-state index contributed by atoms with van der Waals surface area (Å²) in [4.78, 5) is 44.0. The molecule has 0 aromatic carbocycles. The summed E-state index contributed by atoms with van der Waals surface area (Å²) < 4.78 is 28.5. The Morgan fingerprint density at radius 1 is 1.26 bits per heavy atom. The predicted molar refractivity (Wildman–Crippen MR) is 119 cm³/mol. The van der Waals surface area contributed by atoms with Crippen LogP contribution < -0.4 is 0 Å². The Bertz CT molecular complexity index is 1040. The first kappa shape index (κ1) is 24.5. The molecule has 0 radical (unpaired) electrons. The van der Waals surface area contributed by atoms with Gasteiger partial charge in [0.1, 0.15) is 6.61 Å². The highest BCUT2D eigenvalue weighted by molar-refractivity contribution is 7.46. The highest BCUT2D eigenvalue weighted by Crippen LogP contribution is 2.70. The van der Waals surface area contributed by atoms with Crippen molar-refractivity contribution in [3.63, 3.8) is 0 Å². The van der Waals surface area contributed by atoms with Crippen LogP contribution in [0.25, 0.3) is 0 Å². The minimum atomic E-state index is -4.86. The summed E-state index contributed by atoms with van der Waals surface area (Å²) in [6.07, 6.45) is 6.11. The van der Waals surface area contributed by atoms with Gasteiger partial charge in [-0.1, -0.05) is 25.5 Å². The average Bonchev–Trinajstić information content (AvgIpc) is 3.12. The number of fused-ring (bicyclic) bond motifs is 7. The van der Waals surface area contributed by atoms with E-state index in [0.29, 0.717) is 6.42 Å². The number of phosphoric ester groups is 1. The number of phosphoric acid groups is 1. The van der Waals surface area contributed by atoms with E-state index in [1.54, 1.807) is 26.0 Å². The highest BCUT2D eigenvalue weighted by atomic mass is 31.2. The molecule has 3 N–H and O–H groups in total. The number of allylic oxidation sites excluding steroid dienone is 4. The summed E-state index contributed by atoms with van der Waals surface area (Å²) in [7, 11) is -4.86. The third-order valence-electron chi connectivity index (χ3n) is 9.27. The molecule has 0 bridgehead atoms. The molecule has 4 aliphatic carbocycles. The number of hydrogen-bond acceptors (Lipinski definition) is 7. The second-order valence-electron chi connectivity index (χ2n) is 11.5. The number of Topliss-reactive ketones (excluding diaryl/α,β-unsaturated/α-hetero) is 1. The van der Waals surface area contributed by atoms with Gasteiger partial charge in [0.2, 0.25) is 0 Å². The molecule has 5 aliphatic rings. The number of carbonyl (C=O) groups is 2. The van der Waals surface area contributed by atoms with Crippen molar-refractivity contribution in [3.05, 3.63) is 23.8 Å². The molecular formula is C24H33O9P. The Morgan fingerprint density at radius 2 is 1.97 bits per heavy atom. The van der Waals surface area contributed by atoms with E-state index < -0.39 is 54.6 Å². The van der Waals surface area contributed by atoms with Crippen LogP contribution >= 0.6 is 7.82 Å². The minimum Gasteiger partial charge on any atom is -0.393 e. The van der Waals surface area contributed by atoms with Crippen LogP contribution in [0, 0.1) is 28.6 Å². The van der Waals surface area contributed by atoms with E-state index in [9.17, 15) is 29.0 Å². The van der Waals surface area contributed by atoms with Crippen LogP contribution in [0.5, 0.6) is 0 Å². The number of rotatable bonds is 4. The van der Waals surface area contributed by atoms with Crippen molar-refractivity contribution in [1.82, 2.24) is 0 Å². The fourth-order valence-corrected chi connectivity index (χ4v) is 8.46. The van der Waals surface area contributed by atoms with Gasteiger partial charge in [-0.2, -0.15) is 0 Å². The number of aliphatic hydroxyl groups excluding tert-OH is 1. The van der Waals surface area contributed by atoms with Crippen molar-refractivity contribution in [3.8, 4) is 0 Å².